The van der Waals surface area contributed by atoms with Crippen LogP contribution in [0, 0.1) is 0 Å². The lowest BCUT2D eigenvalue weighted by atomic mass is 10.0. The largest absolute Gasteiger partial charge is 0.462 e. The minimum atomic E-state index is -0.792. The van der Waals surface area contributed by atoms with E-state index in [1.54, 1.807) is 0 Å². The maximum Gasteiger partial charge on any atom is 0.306 e. The molecule has 0 aromatic rings. The van der Waals surface area contributed by atoms with Crippen molar-refractivity contribution in [1.29, 1.82) is 0 Å². The highest BCUT2D eigenvalue weighted by Gasteiger charge is 2.19. The van der Waals surface area contributed by atoms with Crippen LogP contribution in [0.25, 0.3) is 0 Å². The van der Waals surface area contributed by atoms with Gasteiger partial charge in [0, 0.05) is 19.3 Å². The van der Waals surface area contributed by atoms with Crippen LogP contribution in [0.3, 0.4) is 0 Å². The molecule has 0 N–H and O–H groups in total. The van der Waals surface area contributed by atoms with Crippen molar-refractivity contribution in [2.24, 2.45) is 0 Å². The molecule has 440 valence electrons. The van der Waals surface area contributed by atoms with Gasteiger partial charge in [0.15, 0.2) is 6.10 Å². The van der Waals surface area contributed by atoms with Crippen LogP contribution in [0.15, 0.2) is 109 Å². The number of carbonyl (C=O) groups is 3. The topological polar surface area (TPSA) is 78.9 Å². The summed E-state index contributed by atoms with van der Waals surface area (Å²) in [5.74, 6) is -0.913. The molecule has 6 nitrogen and oxygen atoms in total. The van der Waals surface area contributed by atoms with Gasteiger partial charge < -0.3 is 14.2 Å². The zero-order chi connectivity index (χ0) is 55.7. The van der Waals surface area contributed by atoms with E-state index in [2.05, 4.69) is 130 Å². The highest BCUT2D eigenvalue weighted by Crippen LogP contribution is 2.16. The molecule has 1 unspecified atom stereocenters. The van der Waals surface area contributed by atoms with Crippen molar-refractivity contribution in [3.63, 3.8) is 0 Å². The van der Waals surface area contributed by atoms with Gasteiger partial charge in [-0.1, -0.05) is 284 Å². The zero-order valence-electron chi connectivity index (χ0n) is 50.4. The van der Waals surface area contributed by atoms with Crippen LogP contribution in [0.1, 0.15) is 303 Å². The number of rotatable bonds is 58. The summed E-state index contributed by atoms with van der Waals surface area (Å²) in [4.78, 5) is 38.3. The maximum absolute atomic E-state index is 12.9. The van der Waals surface area contributed by atoms with Crippen molar-refractivity contribution < 1.29 is 28.6 Å². The third kappa shape index (κ3) is 62.8. The Morgan fingerprint density at radius 1 is 0.273 bits per heavy atom. The van der Waals surface area contributed by atoms with E-state index in [1.165, 1.54) is 135 Å². The number of carbonyl (C=O) groups excluding carboxylic acids is 3. The molecule has 0 aromatic heterocycles. The quantitative estimate of drug-likeness (QED) is 0.0261. The summed E-state index contributed by atoms with van der Waals surface area (Å²) in [5, 5.41) is 0. The second-order valence-corrected chi connectivity index (χ2v) is 21.3. The molecule has 1 atom stereocenters. The van der Waals surface area contributed by atoms with Crippen molar-refractivity contribution in [3.8, 4) is 0 Å². The standard InChI is InChI=1S/C71H120O6/c1-4-7-10-13-16-19-22-25-28-30-31-32-33-34-35-36-37-38-39-40-41-42-44-46-49-52-55-58-61-64-70(73)76-67-68(66-75-69(72)63-60-57-54-51-48-45-27-24-21-18-15-12-9-6-3)77-71(74)65-62-59-56-53-50-47-43-29-26-23-20-17-14-11-8-5-2/h7,10,16,19,24-25,27-28,31-32,34-35,37-38,40-41,44,46,68H,4-6,8-9,11-15,17-18,20-23,26,29-30,33,36,39,42-43,45,47-67H2,1-3H3/b10-7-,19-16-,27-24-,28-25-,32-31-,35-34-,38-37-,41-40-,46-44-. The highest BCUT2D eigenvalue weighted by atomic mass is 16.6. The highest BCUT2D eigenvalue weighted by molar-refractivity contribution is 5.71. The first-order chi connectivity index (χ1) is 38.0. The predicted molar refractivity (Wildman–Crippen MR) is 334 cm³/mol. The third-order valence-corrected chi connectivity index (χ3v) is 13.8. The molecule has 0 bridgehead atoms. The van der Waals surface area contributed by atoms with Gasteiger partial charge in [-0.05, 0) is 109 Å². The molecule has 0 radical (unpaired) electrons. The monoisotopic (exact) mass is 1070 g/mol. The second-order valence-electron chi connectivity index (χ2n) is 21.3. The van der Waals surface area contributed by atoms with Gasteiger partial charge >= 0.3 is 17.9 Å². The SMILES string of the molecule is CC/C=C\C/C=C\C/C=C\C/C=C\C/C=C\C/C=C\C/C=C\C/C=C\CCCCCCC(=O)OCC(COC(=O)CCCCCCC/C=C\CCCCCCC)OC(=O)CCCCCCCCCCCCCCCCCC. The van der Waals surface area contributed by atoms with Crippen LogP contribution < -0.4 is 0 Å². The van der Waals surface area contributed by atoms with E-state index in [9.17, 15) is 14.4 Å². The number of unbranched alkanes of at least 4 members (excludes halogenated alkanes) is 29. The fraction of sp³-hybridized carbons (Fsp3) is 0.704. The Balaban J connectivity index is 4.37. The predicted octanol–water partition coefficient (Wildman–Crippen LogP) is 22.2. The number of esters is 3. The number of allylic oxidation sites excluding steroid dienone is 18. The Kier molecular flexibility index (Phi) is 61.3. The molecule has 0 saturated heterocycles. The Bertz CT molecular complexity index is 1560. The first-order valence-corrected chi connectivity index (χ1v) is 32.4. The van der Waals surface area contributed by atoms with E-state index >= 15 is 0 Å². The minimum Gasteiger partial charge on any atom is -0.462 e. The van der Waals surface area contributed by atoms with Gasteiger partial charge in [0.2, 0.25) is 0 Å². The van der Waals surface area contributed by atoms with Gasteiger partial charge in [-0.15, -0.1) is 0 Å². The van der Waals surface area contributed by atoms with Gasteiger partial charge in [-0.3, -0.25) is 14.4 Å². The van der Waals surface area contributed by atoms with Crippen LogP contribution in [0.4, 0.5) is 0 Å². The van der Waals surface area contributed by atoms with Gasteiger partial charge in [0.1, 0.15) is 13.2 Å². The first kappa shape index (κ1) is 73.1. The number of hydrogen-bond donors (Lipinski definition) is 0. The molecule has 0 aliphatic rings. The van der Waals surface area contributed by atoms with Crippen LogP contribution in [-0.2, 0) is 28.6 Å². The molecule has 0 rings (SSSR count). The average Bonchev–Trinajstić information content (AvgIpc) is 3.43. The molecule has 0 saturated carbocycles. The molecular formula is C71H120O6. The lowest BCUT2D eigenvalue weighted by Crippen LogP contribution is -2.30. The Morgan fingerprint density at radius 3 is 0.805 bits per heavy atom. The summed E-state index contributed by atoms with van der Waals surface area (Å²) in [6.45, 7) is 6.51. The Hall–Kier alpha value is -3.93. The fourth-order valence-electron chi connectivity index (χ4n) is 8.92. The maximum atomic E-state index is 12.9. The molecule has 0 heterocycles. The van der Waals surface area contributed by atoms with Crippen LogP contribution >= 0.6 is 0 Å². The molecular weight excluding hydrogens is 949 g/mol. The third-order valence-electron chi connectivity index (χ3n) is 13.8. The molecule has 0 aromatic carbocycles. The molecule has 6 heteroatoms. The van der Waals surface area contributed by atoms with Crippen molar-refractivity contribution in [2.45, 2.75) is 309 Å². The molecule has 0 aliphatic carbocycles. The Morgan fingerprint density at radius 2 is 0.506 bits per heavy atom. The lowest BCUT2D eigenvalue weighted by molar-refractivity contribution is -0.167. The van der Waals surface area contributed by atoms with E-state index < -0.39 is 6.10 Å². The van der Waals surface area contributed by atoms with E-state index in [0.717, 1.165) is 128 Å². The van der Waals surface area contributed by atoms with Crippen molar-refractivity contribution >= 4 is 17.9 Å². The van der Waals surface area contributed by atoms with E-state index in [-0.39, 0.29) is 31.1 Å². The second kappa shape index (κ2) is 64.6. The fourth-order valence-corrected chi connectivity index (χ4v) is 8.92. The molecule has 77 heavy (non-hydrogen) atoms. The Labute approximate surface area is 476 Å². The first-order valence-electron chi connectivity index (χ1n) is 32.4. The zero-order valence-corrected chi connectivity index (χ0v) is 50.4. The van der Waals surface area contributed by atoms with E-state index in [1.807, 2.05) is 0 Å². The van der Waals surface area contributed by atoms with Crippen molar-refractivity contribution in [1.82, 2.24) is 0 Å². The van der Waals surface area contributed by atoms with Crippen molar-refractivity contribution in [2.75, 3.05) is 13.2 Å². The summed E-state index contributed by atoms with van der Waals surface area (Å²) < 4.78 is 16.9. The molecule has 0 spiro atoms. The smallest absolute Gasteiger partial charge is 0.306 e. The van der Waals surface area contributed by atoms with Gasteiger partial charge in [0.05, 0.1) is 0 Å². The molecule has 0 aliphatic heterocycles. The number of ether oxygens (including phenoxy) is 3. The normalized spacial score (nSPS) is 12.8. The average molecular weight is 1070 g/mol. The van der Waals surface area contributed by atoms with E-state index in [0.29, 0.717) is 19.3 Å². The molecule has 0 amide bonds. The summed E-state index contributed by atoms with van der Waals surface area (Å²) >= 11 is 0. The van der Waals surface area contributed by atoms with Gasteiger partial charge in [-0.25, -0.2) is 0 Å². The van der Waals surface area contributed by atoms with Crippen LogP contribution in [-0.4, -0.2) is 37.2 Å². The minimum absolute atomic E-state index is 0.0888. The summed E-state index contributed by atoms with van der Waals surface area (Å²) in [6.07, 6.45) is 88.0. The summed E-state index contributed by atoms with van der Waals surface area (Å²) in [6, 6.07) is 0. The van der Waals surface area contributed by atoms with Crippen LogP contribution in [0.2, 0.25) is 0 Å². The van der Waals surface area contributed by atoms with Crippen molar-refractivity contribution in [3.05, 3.63) is 109 Å². The number of hydrogen-bond acceptors (Lipinski definition) is 6. The van der Waals surface area contributed by atoms with Crippen LogP contribution in [0.5, 0.6) is 0 Å². The molecule has 0 fully saturated rings. The summed E-state index contributed by atoms with van der Waals surface area (Å²) in [7, 11) is 0. The van der Waals surface area contributed by atoms with E-state index in [4.69, 9.17) is 14.2 Å². The van der Waals surface area contributed by atoms with Gasteiger partial charge in [-0.2, -0.15) is 0 Å². The lowest BCUT2D eigenvalue weighted by Gasteiger charge is -2.18. The van der Waals surface area contributed by atoms with Gasteiger partial charge in [0.25, 0.3) is 0 Å². The summed E-state index contributed by atoms with van der Waals surface area (Å²) in [5.41, 5.74) is 0.